The molecular weight excluding hydrogens is 264 g/mol. The molecule has 0 saturated carbocycles. The van der Waals surface area contributed by atoms with Crippen molar-refractivity contribution in [2.24, 2.45) is 0 Å². The Kier molecular flexibility index (Phi) is 3.77. The molecule has 1 aliphatic rings. The van der Waals surface area contributed by atoms with E-state index >= 15 is 0 Å². The van der Waals surface area contributed by atoms with Gasteiger partial charge in [0.1, 0.15) is 17.3 Å². The highest BCUT2D eigenvalue weighted by Crippen LogP contribution is 2.27. The zero-order valence-corrected chi connectivity index (χ0v) is 12.2. The number of imidazole rings is 1. The predicted molar refractivity (Wildman–Crippen MR) is 82.2 cm³/mol. The van der Waals surface area contributed by atoms with E-state index in [4.69, 9.17) is 9.47 Å². The highest BCUT2D eigenvalue weighted by molar-refractivity contribution is 5.59. The van der Waals surface area contributed by atoms with Crippen LogP contribution in [0.25, 0.3) is 11.3 Å². The van der Waals surface area contributed by atoms with Gasteiger partial charge in [0.05, 0.1) is 26.1 Å². The lowest BCUT2D eigenvalue weighted by Gasteiger charge is -2.13. The molecule has 1 N–H and O–H groups in total. The number of ether oxygens (including phenoxy) is 2. The van der Waals surface area contributed by atoms with Gasteiger partial charge in [-0.2, -0.15) is 0 Å². The van der Waals surface area contributed by atoms with Crippen molar-refractivity contribution < 1.29 is 9.47 Å². The fourth-order valence-electron chi connectivity index (χ4n) is 2.40. The van der Waals surface area contributed by atoms with Gasteiger partial charge in [-0.3, -0.25) is 0 Å². The summed E-state index contributed by atoms with van der Waals surface area (Å²) in [5, 5.41) is 0. The average molecular weight is 282 g/mol. The minimum atomic E-state index is 0.274. The van der Waals surface area contributed by atoms with Crippen LogP contribution in [0.3, 0.4) is 0 Å². The first-order valence-electron chi connectivity index (χ1n) is 6.92. The van der Waals surface area contributed by atoms with E-state index in [2.05, 4.69) is 22.1 Å². The van der Waals surface area contributed by atoms with Crippen LogP contribution in [0.4, 0.5) is 0 Å². The zero-order valence-electron chi connectivity index (χ0n) is 12.2. The molecule has 1 heterocycles. The highest BCUT2D eigenvalue weighted by Gasteiger charge is 2.15. The summed E-state index contributed by atoms with van der Waals surface area (Å²) < 4.78 is 10.4. The summed E-state index contributed by atoms with van der Waals surface area (Å²) in [4.78, 5) is 7.90. The Balaban J connectivity index is 1.77. The summed E-state index contributed by atoms with van der Waals surface area (Å²) in [6.07, 6.45) is 8.97. The maximum Gasteiger partial charge on any atom is 0.118 e. The molecule has 0 radical (unpaired) electrons. The van der Waals surface area contributed by atoms with Crippen molar-refractivity contribution in [3.8, 4) is 17.0 Å². The maximum atomic E-state index is 5.20. The van der Waals surface area contributed by atoms with Crippen LogP contribution in [-0.4, -0.2) is 24.2 Å². The molecule has 1 atom stereocenters. The van der Waals surface area contributed by atoms with Gasteiger partial charge in [0.15, 0.2) is 0 Å². The first kappa shape index (κ1) is 13.5. The first-order valence-corrected chi connectivity index (χ1v) is 6.92. The lowest BCUT2D eigenvalue weighted by atomic mass is 9.99. The molecule has 108 valence electrons. The number of benzene rings is 1. The minimum Gasteiger partial charge on any atom is -0.497 e. The van der Waals surface area contributed by atoms with E-state index in [1.165, 1.54) is 0 Å². The quantitative estimate of drug-likeness (QED) is 0.931. The van der Waals surface area contributed by atoms with Crippen LogP contribution in [0.5, 0.6) is 5.75 Å². The lowest BCUT2D eigenvalue weighted by molar-refractivity contribution is 0.302. The van der Waals surface area contributed by atoms with Gasteiger partial charge in [0.2, 0.25) is 0 Å². The Morgan fingerprint density at radius 2 is 1.95 bits per heavy atom. The Bertz CT molecular complexity index is 668. The number of nitrogens with zero attached hydrogens (tertiary/aromatic N) is 1. The van der Waals surface area contributed by atoms with Gasteiger partial charge in [-0.05, 0) is 48.4 Å². The van der Waals surface area contributed by atoms with E-state index in [1.807, 2.05) is 36.5 Å². The molecule has 1 aromatic carbocycles. The molecule has 21 heavy (non-hydrogen) atoms. The molecular formula is C17H18N2O2. The number of allylic oxidation sites excluding steroid dienone is 3. The van der Waals surface area contributed by atoms with Crippen molar-refractivity contribution in [3.05, 3.63) is 60.3 Å². The average Bonchev–Trinajstić information content (AvgIpc) is 3.05. The van der Waals surface area contributed by atoms with E-state index in [1.54, 1.807) is 14.2 Å². The molecule has 1 aromatic heterocycles. The van der Waals surface area contributed by atoms with Crippen molar-refractivity contribution in [2.45, 2.75) is 12.3 Å². The Morgan fingerprint density at radius 3 is 2.57 bits per heavy atom. The van der Waals surface area contributed by atoms with Gasteiger partial charge in [0.25, 0.3) is 0 Å². The summed E-state index contributed by atoms with van der Waals surface area (Å²) >= 11 is 0. The Labute approximate surface area is 124 Å². The van der Waals surface area contributed by atoms with Crippen LogP contribution in [-0.2, 0) is 4.74 Å². The summed E-state index contributed by atoms with van der Waals surface area (Å²) in [6, 6.07) is 7.94. The van der Waals surface area contributed by atoms with Gasteiger partial charge in [-0.25, -0.2) is 4.98 Å². The van der Waals surface area contributed by atoms with E-state index in [9.17, 15) is 0 Å². The van der Waals surface area contributed by atoms with Crippen LogP contribution < -0.4 is 4.74 Å². The molecule has 0 fully saturated rings. The smallest absolute Gasteiger partial charge is 0.118 e. The largest absolute Gasteiger partial charge is 0.497 e. The second kappa shape index (κ2) is 5.87. The second-order valence-corrected chi connectivity index (χ2v) is 4.92. The number of aromatic nitrogens is 2. The molecule has 0 saturated heterocycles. The predicted octanol–water partition coefficient (Wildman–Crippen LogP) is 3.66. The minimum absolute atomic E-state index is 0.274. The monoisotopic (exact) mass is 282 g/mol. The van der Waals surface area contributed by atoms with Crippen molar-refractivity contribution >= 4 is 0 Å². The number of hydrogen-bond acceptors (Lipinski definition) is 3. The van der Waals surface area contributed by atoms with E-state index in [-0.39, 0.29) is 5.92 Å². The Hall–Kier alpha value is -2.49. The van der Waals surface area contributed by atoms with Gasteiger partial charge in [0, 0.05) is 5.92 Å². The molecule has 0 amide bonds. The van der Waals surface area contributed by atoms with Gasteiger partial charge >= 0.3 is 0 Å². The summed E-state index contributed by atoms with van der Waals surface area (Å²) in [5.74, 6) is 3.01. The molecule has 1 aliphatic carbocycles. The second-order valence-electron chi connectivity index (χ2n) is 4.92. The number of nitrogens with one attached hydrogen (secondary N) is 1. The summed E-state index contributed by atoms with van der Waals surface area (Å²) in [7, 11) is 3.35. The molecule has 2 aromatic rings. The van der Waals surface area contributed by atoms with Crippen molar-refractivity contribution in [2.75, 3.05) is 14.2 Å². The fraction of sp³-hybridized carbons (Fsp3) is 0.235. The third-order valence-corrected chi connectivity index (χ3v) is 3.65. The third-order valence-electron chi connectivity index (χ3n) is 3.65. The van der Waals surface area contributed by atoms with E-state index < -0.39 is 0 Å². The van der Waals surface area contributed by atoms with Crippen LogP contribution in [0, 0.1) is 0 Å². The van der Waals surface area contributed by atoms with Crippen LogP contribution >= 0.6 is 0 Å². The molecule has 0 aliphatic heterocycles. The number of rotatable bonds is 4. The third kappa shape index (κ3) is 2.84. The maximum absolute atomic E-state index is 5.20. The number of methoxy groups -OCH3 is 2. The number of H-pyrrole nitrogens is 1. The molecule has 0 bridgehead atoms. The number of hydrogen-bond donors (Lipinski definition) is 1. The zero-order chi connectivity index (χ0) is 14.7. The lowest BCUT2D eigenvalue weighted by Crippen LogP contribution is -2.01. The van der Waals surface area contributed by atoms with Gasteiger partial charge in [-0.15, -0.1) is 0 Å². The molecule has 1 unspecified atom stereocenters. The van der Waals surface area contributed by atoms with Gasteiger partial charge in [-0.1, -0.05) is 6.08 Å². The molecule has 0 spiro atoms. The van der Waals surface area contributed by atoms with E-state index in [0.717, 1.165) is 35.0 Å². The molecule has 4 heteroatoms. The highest BCUT2D eigenvalue weighted by atomic mass is 16.5. The number of aromatic amines is 1. The Morgan fingerprint density at radius 1 is 1.14 bits per heavy atom. The van der Waals surface area contributed by atoms with E-state index in [0.29, 0.717) is 0 Å². The molecule has 4 nitrogen and oxygen atoms in total. The SMILES string of the molecule is COC1=CCC(c2ncc(-c3ccc(OC)cc3)[nH]2)C=C1. The summed E-state index contributed by atoms with van der Waals surface area (Å²) in [6.45, 7) is 0. The topological polar surface area (TPSA) is 47.1 Å². The van der Waals surface area contributed by atoms with Crippen LogP contribution in [0.15, 0.2) is 54.4 Å². The van der Waals surface area contributed by atoms with Crippen molar-refractivity contribution in [1.82, 2.24) is 9.97 Å². The van der Waals surface area contributed by atoms with Gasteiger partial charge < -0.3 is 14.5 Å². The molecule has 3 rings (SSSR count). The first-order chi connectivity index (χ1) is 10.3. The standard InChI is InChI=1S/C17H18N2O2/c1-20-14-7-3-12(4-8-14)16-11-18-17(19-16)13-5-9-15(21-2)10-6-13/h3-5,7-11,13H,6H2,1-2H3,(H,18,19). The fourth-order valence-corrected chi connectivity index (χ4v) is 2.40. The van der Waals surface area contributed by atoms with Crippen LogP contribution in [0.2, 0.25) is 0 Å². The summed E-state index contributed by atoms with van der Waals surface area (Å²) in [5.41, 5.74) is 2.12. The van der Waals surface area contributed by atoms with Crippen LogP contribution in [0.1, 0.15) is 18.2 Å². The van der Waals surface area contributed by atoms with Crippen molar-refractivity contribution in [1.29, 1.82) is 0 Å². The van der Waals surface area contributed by atoms with Crippen molar-refractivity contribution in [3.63, 3.8) is 0 Å². The normalized spacial score (nSPS) is 17.4.